The van der Waals surface area contributed by atoms with E-state index in [1.54, 1.807) is 6.33 Å². The van der Waals surface area contributed by atoms with Gasteiger partial charge < -0.3 is 19.9 Å². The Bertz CT molecular complexity index is 1670. The lowest BCUT2D eigenvalue weighted by molar-refractivity contribution is -0.253. The van der Waals surface area contributed by atoms with Gasteiger partial charge in [-0.15, -0.1) is 0 Å². The van der Waals surface area contributed by atoms with Crippen molar-refractivity contribution in [2.45, 2.75) is 125 Å². The van der Waals surface area contributed by atoms with Gasteiger partial charge in [0, 0.05) is 22.6 Å². The lowest BCUT2D eigenvalue weighted by Gasteiger charge is -2.71. The minimum atomic E-state index is -0.619. The molecule has 2 aromatic heterocycles. The average molecular weight is 719 g/mol. The number of ether oxygens (including phenoxy) is 2. The minimum Gasteiger partial charge on any atom is -0.481 e. The highest BCUT2D eigenvalue weighted by Crippen LogP contribution is 2.75. The van der Waals surface area contributed by atoms with Crippen LogP contribution in [0.15, 0.2) is 30.4 Å². The zero-order valence-electron chi connectivity index (χ0n) is 33.8. The molecule has 2 bridgehead atoms. The second-order valence-corrected chi connectivity index (χ2v) is 19.7. The number of carboxylic acid groups (broad SMARTS) is 1. The number of allylic oxidation sites excluding steroid dienone is 1. The number of rotatable bonds is 10. The van der Waals surface area contributed by atoms with Gasteiger partial charge in [-0.1, -0.05) is 74.0 Å². The number of aliphatic carboxylic acids is 1. The molecule has 0 amide bonds. The maximum atomic E-state index is 13.6. The van der Waals surface area contributed by atoms with E-state index in [1.807, 2.05) is 19.4 Å². The summed E-state index contributed by atoms with van der Waals surface area (Å²) in [6, 6.07) is -0.0834. The molecular weight excluding hydrogens is 653 g/mol. The van der Waals surface area contributed by atoms with Crippen LogP contribution in [0, 0.1) is 62.6 Å². The lowest BCUT2D eigenvalue weighted by atomic mass is 9.34. The smallest absolute Gasteiger partial charge is 0.307 e. The largest absolute Gasteiger partial charge is 0.481 e. The van der Waals surface area contributed by atoms with Gasteiger partial charge in [0.05, 0.1) is 49.6 Å². The van der Waals surface area contributed by atoms with Crippen LogP contribution in [0.1, 0.15) is 114 Å². The monoisotopic (exact) mass is 719 g/mol. The lowest BCUT2D eigenvalue weighted by Crippen LogP contribution is -2.69. The molecule has 2 aromatic rings. The van der Waals surface area contributed by atoms with Gasteiger partial charge in [-0.2, -0.15) is 10.2 Å². The van der Waals surface area contributed by atoms with Gasteiger partial charge in [-0.25, -0.2) is 9.67 Å². The van der Waals surface area contributed by atoms with Gasteiger partial charge >= 0.3 is 5.97 Å². The van der Waals surface area contributed by atoms with Crippen molar-refractivity contribution in [3.8, 4) is 11.4 Å². The normalized spacial score (nSPS) is 41.8. The van der Waals surface area contributed by atoms with Crippen LogP contribution in [0.2, 0.25) is 0 Å². The molecule has 10 heteroatoms. The molecule has 52 heavy (non-hydrogen) atoms. The van der Waals surface area contributed by atoms with Crippen molar-refractivity contribution in [1.29, 1.82) is 0 Å². The number of aromatic nitrogens is 5. The Labute approximate surface area is 311 Å². The Kier molecular flexibility index (Phi) is 9.26. The van der Waals surface area contributed by atoms with Gasteiger partial charge in [-0.05, 0) is 98.3 Å². The first-order valence-corrected chi connectivity index (χ1v) is 20.1. The van der Waals surface area contributed by atoms with Crippen LogP contribution in [-0.4, -0.2) is 74.5 Å². The number of likely N-dealkylation sites (N-methyl/N-ethyl adjacent to an activating group) is 1. The SMILES string of the molecule is CN[C@@](C)(CO[C@H]1[C@H](n2ncnc2-c2cn[nH]c2)C[C@@]23COC[C@]1(C)[C@@H]2CC[C@H]1C3=CC[C@@]2(C)[C@H](C(=O)O)[C@@](C)([C@H](C)C(C)C)CC[C@]12C)C(C)C. The Hall–Kier alpha value is -2.56. The summed E-state index contributed by atoms with van der Waals surface area (Å²) < 4.78 is 16.2. The van der Waals surface area contributed by atoms with Gasteiger partial charge in [0.1, 0.15) is 6.33 Å². The molecule has 0 unspecified atom stereocenters. The molecule has 1 saturated heterocycles. The predicted octanol–water partition coefficient (Wildman–Crippen LogP) is 7.82. The first kappa shape index (κ1) is 37.7. The van der Waals surface area contributed by atoms with E-state index in [2.05, 4.69) is 95.5 Å². The van der Waals surface area contributed by atoms with Crippen LogP contribution in [-0.2, 0) is 14.3 Å². The number of hydrogen-bond donors (Lipinski definition) is 3. The van der Waals surface area contributed by atoms with E-state index in [0.717, 1.165) is 49.9 Å². The van der Waals surface area contributed by atoms with Gasteiger partial charge in [0.25, 0.3) is 0 Å². The van der Waals surface area contributed by atoms with Crippen molar-refractivity contribution in [2.24, 2.45) is 62.6 Å². The molecule has 3 heterocycles. The van der Waals surface area contributed by atoms with E-state index in [-0.39, 0.29) is 44.8 Å². The topological polar surface area (TPSA) is 127 Å². The second kappa shape index (κ2) is 12.8. The summed E-state index contributed by atoms with van der Waals surface area (Å²) in [5.41, 5.74) is 0.972. The Morgan fingerprint density at radius 1 is 1.13 bits per heavy atom. The van der Waals surface area contributed by atoms with E-state index >= 15 is 0 Å². The molecule has 4 fully saturated rings. The summed E-state index contributed by atoms with van der Waals surface area (Å²) in [5, 5.41) is 26.9. The van der Waals surface area contributed by atoms with Crippen LogP contribution in [0.3, 0.4) is 0 Å². The quantitative estimate of drug-likeness (QED) is 0.212. The summed E-state index contributed by atoms with van der Waals surface area (Å²) in [7, 11) is 2.03. The van der Waals surface area contributed by atoms with E-state index in [1.165, 1.54) is 5.57 Å². The number of carbonyl (C=O) groups is 1. The Balaban J connectivity index is 1.35. The maximum absolute atomic E-state index is 13.6. The number of carboxylic acids is 1. The molecule has 288 valence electrons. The molecule has 0 aromatic carbocycles. The molecule has 1 aliphatic heterocycles. The van der Waals surface area contributed by atoms with Gasteiger partial charge in [0.2, 0.25) is 0 Å². The zero-order valence-corrected chi connectivity index (χ0v) is 33.8. The average Bonchev–Trinajstić information content (AvgIpc) is 3.80. The molecule has 4 aliphatic carbocycles. The fraction of sp³-hybridized carbons (Fsp3) is 0.810. The third-order valence-corrected chi connectivity index (χ3v) is 17.1. The number of nitrogens with one attached hydrogen (secondary N) is 2. The Morgan fingerprint density at radius 3 is 2.52 bits per heavy atom. The van der Waals surface area contributed by atoms with E-state index < -0.39 is 11.9 Å². The first-order chi connectivity index (χ1) is 24.4. The third kappa shape index (κ3) is 5.11. The highest BCUT2D eigenvalue weighted by Gasteiger charge is 2.72. The van der Waals surface area contributed by atoms with Crippen molar-refractivity contribution >= 4 is 5.97 Å². The zero-order chi connectivity index (χ0) is 37.6. The highest BCUT2D eigenvalue weighted by molar-refractivity contribution is 5.73. The Morgan fingerprint density at radius 2 is 1.88 bits per heavy atom. The summed E-state index contributed by atoms with van der Waals surface area (Å²) in [5.74, 6) is 1.54. The minimum absolute atomic E-state index is 0.0834. The van der Waals surface area contributed by atoms with Gasteiger partial charge in [-0.3, -0.25) is 9.89 Å². The number of H-pyrrole nitrogens is 1. The van der Waals surface area contributed by atoms with Crippen LogP contribution in [0.4, 0.5) is 0 Å². The van der Waals surface area contributed by atoms with Crippen LogP contribution >= 0.6 is 0 Å². The van der Waals surface area contributed by atoms with Crippen LogP contribution in [0.25, 0.3) is 11.4 Å². The van der Waals surface area contributed by atoms with Crippen molar-refractivity contribution in [3.05, 3.63) is 30.4 Å². The fourth-order valence-corrected chi connectivity index (χ4v) is 13.0. The standard InChI is InChI=1S/C42H66N6O4/c1-25(2)27(5)37(6)16-17-39(8)29-12-13-32-38(7)21-51-23-42(32,30(29)14-15-40(39,9)33(37)36(49)50)18-31(34(38)52-22-41(10,43-11)26(3)4)48-35(44-24-47-48)28-19-45-46-20-28/h14,19-20,24-27,29,31-34,43H,12-13,15-18,21-23H2,1-11H3,(H,45,46)(H,49,50)/t27-,29+,31-,32+,33-,34+,37-,38-,39-,40+,41+,42+/m1/s1. The highest BCUT2D eigenvalue weighted by atomic mass is 16.5. The number of hydrogen-bond acceptors (Lipinski definition) is 7. The van der Waals surface area contributed by atoms with Crippen molar-refractivity contribution < 1.29 is 19.4 Å². The number of aromatic amines is 1. The van der Waals surface area contributed by atoms with E-state index in [4.69, 9.17) is 19.6 Å². The van der Waals surface area contributed by atoms with Crippen LogP contribution < -0.4 is 5.32 Å². The summed E-state index contributed by atoms with van der Waals surface area (Å²) in [6.07, 6.45) is 13.5. The second-order valence-electron chi connectivity index (χ2n) is 19.7. The third-order valence-electron chi connectivity index (χ3n) is 17.1. The molecule has 3 N–H and O–H groups in total. The van der Waals surface area contributed by atoms with Crippen molar-refractivity contribution in [1.82, 2.24) is 30.3 Å². The molecule has 7 rings (SSSR count). The molecular formula is C42H66N6O4. The first-order valence-electron chi connectivity index (χ1n) is 20.1. The van der Waals surface area contributed by atoms with Crippen LogP contribution in [0.5, 0.6) is 0 Å². The fourth-order valence-electron chi connectivity index (χ4n) is 13.0. The van der Waals surface area contributed by atoms with Crippen molar-refractivity contribution in [2.75, 3.05) is 26.9 Å². The summed E-state index contributed by atoms with van der Waals surface area (Å²) in [6.45, 7) is 24.9. The predicted molar refractivity (Wildman–Crippen MR) is 202 cm³/mol. The molecule has 0 spiro atoms. The van der Waals surface area contributed by atoms with Gasteiger partial charge in [0.15, 0.2) is 5.82 Å². The summed E-state index contributed by atoms with van der Waals surface area (Å²) >= 11 is 0. The molecule has 3 saturated carbocycles. The summed E-state index contributed by atoms with van der Waals surface area (Å²) in [4.78, 5) is 18.3. The molecule has 10 nitrogen and oxygen atoms in total. The number of nitrogens with zero attached hydrogens (tertiary/aromatic N) is 4. The maximum Gasteiger partial charge on any atom is 0.307 e. The molecule has 12 atom stereocenters. The molecule has 5 aliphatic rings. The van der Waals surface area contributed by atoms with E-state index in [9.17, 15) is 9.90 Å². The van der Waals surface area contributed by atoms with Crippen molar-refractivity contribution in [3.63, 3.8) is 0 Å². The molecule has 0 radical (unpaired) electrons. The van der Waals surface area contributed by atoms with E-state index in [0.29, 0.717) is 49.4 Å². The number of fused-ring (bicyclic) bond motifs is 3.